The van der Waals surface area contributed by atoms with Gasteiger partial charge in [0.15, 0.2) is 0 Å². The van der Waals surface area contributed by atoms with Crippen LogP contribution in [-0.2, 0) is 14.8 Å². The molecule has 0 saturated heterocycles. The molecule has 1 aliphatic heterocycles. The quantitative estimate of drug-likeness (QED) is 0.866. The third-order valence-corrected chi connectivity index (χ3v) is 7.04. The Morgan fingerprint density at radius 1 is 1.05 bits per heavy atom. The van der Waals surface area contributed by atoms with Crippen molar-refractivity contribution in [1.29, 1.82) is 0 Å². The fourth-order valence-electron chi connectivity index (χ4n) is 2.76. The number of rotatable bonds is 3. The zero-order valence-electron chi connectivity index (χ0n) is 11.7. The van der Waals surface area contributed by atoms with E-state index in [4.69, 9.17) is 0 Å². The van der Waals surface area contributed by atoms with Gasteiger partial charge in [-0.2, -0.15) is 0 Å². The summed E-state index contributed by atoms with van der Waals surface area (Å²) in [6.07, 6.45) is 1.97. The average Bonchev–Trinajstić information content (AvgIpc) is 3.17. The monoisotopic (exact) mass is 334 g/mol. The van der Waals surface area contributed by atoms with Crippen molar-refractivity contribution >= 4 is 38.6 Å². The summed E-state index contributed by atoms with van der Waals surface area (Å²) in [5.74, 6) is -0.152. The molecule has 4 rings (SSSR count). The number of fused-ring (bicyclic) bond motifs is 1. The number of hydrogen-bond acceptors (Lipinski definition) is 4. The molecule has 5 nitrogen and oxygen atoms in total. The second-order valence-electron chi connectivity index (χ2n) is 5.43. The molecule has 2 heterocycles. The van der Waals surface area contributed by atoms with Crippen LogP contribution in [-0.4, -0.2) is 26.9 Å². The highest BCUT2D eigenvalue weighted by Gasteiger charge is 2.42. The Balaban J connectivity index is 1.85. The summed E-state index contributed by atoms with van der Waals surface area (Å²) in [4.78, 5) is 14.2. The molecule has 7 heteroatoms. The van der Waals surface area contributed by atoms with Gasteiger partial charge in [0.1, 0.15) is 10.8 Å². The molecule has 0 atom stereocenters. The van der Waals surface area contributed by atoms with E-state index in [2.05, 4.69) is 0 Å². The Morgan fingerprint density at radius 2 is 1.77 bits per heavy atom. The number of hydrogen-bond donors (Lipinski definition) is 0. The maximum Gasteiger partial charge on any atom is 0.274 e. The molecular weight excluding hydrogens is 320 g/mol. The summed E-state index contributed by atoms with van der Waals surface area (Å²) in [5.41, 5.74) is 1.28. The second-order valence-corrected chi connectivity index (χ2v) is 8.46. The fraction of sp³-hybridized carbons (Fsp3) is 0.267. The lowest BCUT2D eigenvalue weighted by Crippen LogP contribution is -2.48. The minimum atomic E-state index is -3.69. The number of carbonyl (C=O) groups excluding carboxylic acids is 1. The predicted octanol–water partition coefficient (Wildman–Crippen LogP) is 2.45. The first-order valence-corrected chi connectivity index (χ1v) is 9.38. The highest BCUT2D eigenvalue weighted by atomic mass is 32.2. The van der Waals surface area contributed by atoms with Crippen LogP contribution < -0.4 is 9.21 Å². The molecule has 1 fully saturated rings. The summed E-state index contributed by atoms with van der Waals surface area (Å²) >= 11 is 1.16. The first-order chi connectivity index (χ1) is 10.6. The van der Waals surface area contributed by atoms with Crippen LogP contribution in [0.25, 0.3) is 0 Å². The molecule has 114 valence electrons. The first kappa shape index (κ1) is 13.8. The van der Waals surface area contributed by atoms with Crippen molar-refractivity contribution in [2.75, 3.05) is 15.7 Å². The van der Waals surface area contributed by atoms with Gasteiger partial charge in [-0.1, -0.05) is 18.2 Å². The van der Waals surface area contributed by atoms with Gasteiger partial charge in [-0.3, -0.25) is 9.10 Å². The first-order valence-electron chi connectivity index (χ1n) is 7.06. The van der Waals surface area contributed by atoms with Gasteiger partial charge in [-0.05, 0) is 36.4 Å². The number of anilines is 2. The Hall–Kier alpha value is -1.86. The number of thiophene rings is 1. The number of amides is 1. The van der Waals surface area contributed by atoms with E-state index in [9.17, 15) is 13.2 Å². The molecule has 1 saturated carbocycles. The molecule has 0 N–H and O–H groups in total. The fourth-order valence-corrected chi connectivity index (χ4v) is 5.30. The van der Waals surface area contributed by atoms with Crippen molar-refractivity contribution in [3.05, 3.63) is 41.8 Å². The standard InChI is InChI=1S/C15H14N2O3S2/c18-14-10-16(22(19,20)15-6-3-9-21-15)12-4-1-2-5-13(12)17(14)11-7-8-11/h1-6,9,11H,7-8,10H2. The van der Waals surface area contributed by atoms with Gasteiger partial charge < -0.3 is 4.90 Å². The average molecular weight is 334 g/mol. The molecule has 0 unspecified atom stereocenters. The van der Waals surface area contributed by atoms with Crippen molar-refractivity contribution in [2.24, 2.45) is 0 Å². The molecule has 1 amide bonds. The minimum Gasteiger partial charge on any atom is -0.306 e. The minimum absolute atomic E-state index is 0.131. The Morgan fingerprint density at radius 3 is 2.41 bits per heavy atom. The molecule has 0 spiro atoms. The highest BCUT2D eigenvalue weighted by molar-refractivity contribution is 7.94. The van der Waals surface area contributed by atoms with Crippen molar-refractivity contribution in [3.8, 4) is 0 Å². The molecule has 0 radical (unpaired) electrons. The van der Waals surface area contributed by atoms with E-state index >= 15 is 0 Å². The van der Waals surface area contributed by atoms with Crippen LogP contribution in [0.2, 0.25) is 0 Å². The van der Waals surface area contributed by atoms with E-state index < -0.39 is 10.0 Å². The number of nitrogens with zero attached hydrogens (tertiary/aromatic N) is 2. The molecule has 2 aliphatic rings. The van der Waals surface area contributed by atoms with Gasteiger partial charge >= 0.3 is 0 Å². The van der Waals surface area contributed by atoms with Crippen LogP contribution >= 0.6 is 11.3 Å². The summed E-state index contributed by atoms with van der Waals surface area (Å²) in [7, 11) is -3.69. The number of sulfonamides is 1. The number of para-hydroxylation sites is 2. The van der Waals surface area contributed by atoms with Crippen molar-refractivity contribution in [2.45, 2.75) is 23.1 Å². The summed E-state index contributed by atoms with van der Waals surface area (Å²) < 4.78 is 27.1. The Bertz CT molecular complexity index is 826. The van der Waals surface area contributed by atoms with Gasteiger partial charge in [0.05, 0.1) is 11.4 Å². The Kier molecular flexibility index (Phi) is 3.02. The van der Waals surface area contributed by atoms with Gasteiger partial charge in [-0.15, -0.1) is 11.3 Å². The molecule has 0 bridgehead atoms. The Labute approximate surface area is 132 Å². The van der Waals surface area contributed by atoms with E-state index in [1.165, 1.54) is 4.31 Å². The molecule has 2 aromatic rings. The molecule has 22 heavy (non-hydrogen) atoms. The van der Waals surface area contributed by atoms with E-state index in [0.29, 0.717) is 11.4 Å². The predicted molar refractivity (Wildman–Crippen MR) is 85.8 cm³/mol. The van der Waals surface area contributed by atoms with Crippen LogP contribution in [0, 0.1) is 0 Å². The third kappa shape index (κ3) is 2.04. The normalized spacial score (nSPS) is 18.5. The lowest BCUT2D eigenvalue weighted by Gasteiger charge is -2.36. The van der Waals surface area contributed by atoms with Gasteiger partial charge in [0.25, 0.3) is 10.0 Å². The van der Waals surface area contributed by atoms with Crippen LogP contribution in [0.15, 0.2) is 46.0 Å². The molecule has 1 aromatic carbocycles. The third-order valence-electron chi connectivity index (χ3n) is 3.91. The van der Waals surface area contributed by atoms with E-state index in [1.807, 2.05) is 12.1 Å². The zero-order chi connectivity index (χ0) is 15.3. The van der Waals surface area contributed by atoms with Crippen LogP contribution in [0.4, 0.5) is 11.4 Å². The van der Waals surface area contributed by atoms with Crippen LogP contribution in [0.1, 0.15) is 12.8 Å². The van der Waals surface area contributed by atoms with Gasteiger partial charge in [-0.25, -0.2) is 8.42 Å². The van der Waals surface area contributed by atoms with Gasteiger partial charge in [0.2, 0.25) is 5.91 Å². The summed E-state index contributed by atoms with van der Waals surface area (Å²) in [5, 5.41) is 1.72. The molecule has 1 aliphatic carbocycles. The largest absolute Gasteiger partial charge is 0.306 e. The molecular formula is C15H14N2O3S2. The van der Waals surface area contributed by atoms with Crippen LogP contribution in [0.3, 0.4) is 0 Å². The SMILES string of the molecule is O=C1CN(S(=O)(=O)c2cccs2)c2ccccc2N1C1CC1. The van der Waals surface area contributed by atoms with E-state index in [1.54, 1.807) is 34.5 Å². The van der Waals surface area contributed by atoms with Crippen molar-refractivity contribution in [3.63, 3.8) is 0 Å². The van der Waals surface area contributed by atoms with E-state index in [0.717, 1.165) is 24.2 Å². The van der Waals surface area contributed by atoms with Crippen molar-refractivity contribution in [1.82, 2.24) is 0 Å². The maximum absolute atomic E-state index is 12.8. The smallest absolute Gasteiger partial charge is 0.274 e. The highest BCUT2D eigenvalue weighted by Crippen LogP contribution is 2.42. The van der Waals surface area contributed by atoms with E-state index in [-0.39, 0.29) is 22.7 Å². The molecule has 1 aromatic heterocycles. The van der Waals surface area contributed by atoms with Crippen molar-refractivity contribution < 1.29 is 13.2 Å². The number of benzene rings is 1. The second kappa shape index (κ2) is 4.82. The lowest BCUT2D eigenvalue weighted by molar-refractivity contribution is -0.117. The number of carbonyl (C=O) groups is 1. The maximum atomic E-state index is 12.8. The summed E-state index contributed by atoms with van der Waals surface area (Å²) in [6.45, 7) is -0.131. The zero-order valence-corrected chi connectivity index (χ0v) is 13.3. The lowest BCUT2D eigenvalue weighted by atomic mass is 10.2. The van der Waals surface area contributed by atoms with Crippen LogP contribution in [0.5, 0.6) is 0 Å². The topological polar surface area (TPSA) is 57.7 Å². The van der Waals surface area contributed by atoms with Gasteiger partial charge in [0, 0.05) is 6.04 Å². The summed E-state index contributed by atoms with van der Waals surface area (Å²) in [6, 6.07) is 10.7.